The average molecular weight is 227 g/mol. The van der Waals surface area contributed by atoms with Gasteiger partial charge in [0.15, 0.2) is 11.6 Å². The highest BCUT2D eigenvalue weighted by molar-refractivity contribution is 9.10. The molecular weight excluding hydrogens is 225 g/mol. The van der Waals surface area contributed by atoms with Crippen molar-refractivity contribution in [2.24, 2.45) is 0 Å². The fraction of sp³-hybridized carbons (Fsp3) is 0. The lowest BCUT2D eigenvalue weighted by atomic mass is 10.3. The largest absolute Gasteiger partial charge is 0.505 e. The first kappa shape index (κ1) is 8.39. The molecule has 0 saturated heterocycles. The summed E-state index contributed by atoms with van der Waals surface area (Å²) >= 11 is 2.46. The smallest absolute Gasteiger partial charge is 0.201 e. The van der Waals surface area contributed by atoms with Crippen LogP contribution in [0.3, 0.4) is 0 Å². The Kier molecular flexibility index (Phi) is 2.08. The Morgan fingerprint density at radius 3 is 2.27 bits per heavy atom. The van der Waals surface area contributed by atoms with Gasteiger partial charge in [-0.2, -0.15) is 4.39 Å². The third-order valence-electron chi connectivity index (χ3n) is 1.08. The molecule has 0 saturated carbocycles. The van der Waals surface area contributed by atoms with Gasteiger partial charge in [0.1, 0.15) is 5.82 Å². The standard InChI is InChI=1S/C6H2BrF3O/c7-4-2(8)1-3(11)5(9)6(4)10/h1,11H. The first-order chi connectivity index (χ1) is 5.04. The summed E-state index contributed by atoms with van der Waals surface area (Å²) in [6, 6.07) is 0.489. The molecule has 1 N–H and O–H groups in total. The van der Waals surface area contributed by atoms with Crippen molar-refractivity contribution in [3.63, 3.8) is 0 Å². The van der Waals surface area contributed by atoms with Crippen LogP contribution in [0, 0.1) is 17.5 Å². The van der Waals surface area contributed by atoms with E-state index < -0.39 is 27.7 Å². The second kappa shape index (κ2) is 2.73. The molecule has 0 radical (unpaired) electrons. The van der Waals surface area contributed by atoms with Crippen LogP contribution in [0.4, 0.5) is 13.2 Å². The summed E-state index contributed by atoms with van der Waals surface area (Å²) in [6.07, 6.45) is 0. The zero-order valence-corrected chi connectivity index (χ0v) is 6.62. The summed E-state index contributed by atoms with van der Waals surface area (Å²) in [4.78, 5) is 0. The predicted octanol–water partition coefficient (Wildman–Crippen LogP) is 2.57. The van der Waals surface area contributed by atoms with Gasteiger partial charge >= 0.3 is 0 Å². The Balaban J connectivity index is 3.46. The maximum Gasteiger partial charge on any atom is 0.201 e. The molecule has 0 aliphatic heterocycles. The van der Waals surface area contributed by atoms with Crippen molar-refractivity contribution in [1.29, 1.82) is 0 Å². The molecule has 1 aromatic rings. The summed E-state index contributed by atoms with van der Waals surface area (Å²) in [5.41, 5.74) is 0. The van der Waals surface area contributed by atoms with Crippen LogP contribution in [-0.2, 0) is 0 Å². The molecule has 1 rings (SSSR count). The van der Waals surface area contributed by atoms with E-state index in [1.54, 1.807) is 0 Å². The van der Waals surface area contributed by atoms with Gasteiger partial charge in [-0.15, -0.1) is 0 Å². The third-order valence-corrected chi connectivity index (χ3v) is 1.81. The number of benzene rings is 1. The molecule has 0 spiro atoms. The van der Waals surface area contributed by atoms with E-state index in [0.717, 1.165) is 0 Å². The predicted molar refractivity (Wildman–Crippen MR) is 35.7 cm³/mol. The van der Waals surface area contributed by atoms with E-state index in [1.165, 1.54) is 0 Å². The second-order valence-corrected chi connectivity index (χ2v) is 2.61. The van der Waals surface area contributed by atoms with Crippen molar-refractivity contribution in [3.8, 4) is 5.75 Å². The van der Waals surface area contributed by atoms with E-state index in [4.69, 9.17) is 5.11 Å². The van der Waals surface area contributed by atoms with E-state index in [0.29, 0.717) is 6.07 Å². The van der Waals surface area contributed by atoms with Crippen molar-refractivity contribution in [2.45, 2.75) is 0 Å². The maximum absolute atomic E-state index is 12.4. The quantitative estimate of drug-likeness (QED) is 0.533. The van der Waals surface area contributed by atoms with Crippen LogP contribution < -0.4 is 0 Å². The number of halogens is 4. The zero-order chi connectivity index (χ0) is 8.59. The number of phenols is 1. The Bertz CT molecular complexity index is 274. The fourth-order valence-electron chi connectivity index (χ4n) is 0.560. The van der Waals surface area contributed by atoms with Crippen LogP contribution >= 0.6 is 15.9 Å². The molecule has 0 amide bonds. The number of rotatable bonds is 0. The maximum atomic E-state index is 12.4. The minimum Gasteiger partial charge on any atom is -0.505 e. The highest BCUT2D eigenvalue weighted by Gasteiger charge is 2.15. The van der Waals surface area contributed by atoms with Gasteiger partial charge in [0.25, 0.3) is 0 Å². The fourth-order valence-corrected chi connectivity index (χ4v) is 0.849. The Morgan fingerprint density at radius 1 is 1.18 bits per heavy atom. The van der Waals surface area contributed by atoms with Crippen molar-refractivity contribution in [1.82, 2.24) is 0 Å². The molecule has 0 heterocycles. The van der Waals surface area contributed by atoms with Crippen molar-refractivity contribution < 1.29 is 18.3 Å². The Morgan fingerprint density at radius 2 is 1.73 bits per heavy atom. The summed E-state index contributed by atoms with van der Waals surface area (Å²) in [5.74, 6) is -4.97. The highest BCUT2D eigenvalue weighted by atomic mass is 79.9. The molecular formula is C6H2BrF3O. The lowest BCUT2D eigenvalue weighted by Crippen LogP contribution is -1.90. The van der Waals surface area contributed by atoms with Crippen LogP contribution in [0.1, 0.15) is 0 Å². The zero-order valence-electron chi connectivity index (χ0n) is 5.04. The van der Waals surface area contributed by atoms with Crippen LogP contribution in [0.5, 0.6) is 5.75 Å². The second-order valence-electron chi connectivity index (χ2n) is 1.82. The molecule has 0 aliphatic carbocycles. The molecule has 0 unspecified atom stereocenters. The molecule has 0 aromatic heterocycles. The van der Waals surface area contributed by atoms with Crippen LogP contribution in [0.2, 0.25) is 0 Å². The van der Waals surface area contributed by atoms with Crippen molar-refractivity contribution in [2.75, 3.05) is 0 Å². The van der Waals surface area contributed by atoms with Crippen LogP contribution in [0.25, 0.3) is 0 Å². The summed E-state index contributed by atoms with van der Waals surface area (Å²) in [7, 11) is 0. The van der Waals surface area contributed by atoms with E-state index in [2.05, 4.69) is 15.9 Å². The van der Waals surface area contributed by atoms with E-state index >= 15 is 0 Å². The number of hydrogen-bond acceptors (Lipinski definition) is 1. The van der Waals surface area contributed by atoms with Gasteiger partial charge in [0, 0.05) is 6.07 Å². The van der Waals surface area contributed by atoms with Gasteiger partial charge in [-0.3, -0.25) is 0 Å². The molecule has 5 heteroatoms. The summed E-state index contributed by atoms with van der Waals surface area (Å²) < 4.78 is 36.6. The minimum absolute atomic E-state index is 0.489. The first-order valence-corrected chi connectivity index (χ1v) is 3.35. The summed E-state index contributed by atoms with van der Waals surface area (Å²) in [5, 5.41) is 8.53. The monoisotopic (exact) mass is 226 g/mol. The minimum atomic E-state index is -1.46. The van der Waals surface area contributed by atoms with E-state index in [9.17, 15) is 13.2 Å². The van der Waals surface area contributed by atoms with Gasteiger partial charge in [-0.05, 0) is 15.9 Å². The lowest BCUT2D eigenvalue weighted by molar-refractivity contribution is 0.396. The van der Waals surface area contributed by atoms with Crippen molar-refractivity contribution >= 4 is 15.9 Å². The van der Waals surface area contributed by atoms with Gasteiger partial charge < -0.3 is 5.11 Å². The summed E-state index contributed by atoms with van der Waals surface area (Å²) in [6.45, 7) is 0. The molecule has 0 bridgehead atoms. The Hall–Kier alpha value is -0.710. The van der Waals surface area contributed by atoms with E-state index in [-0.39, 0.29) is 0 Å². The van der Waals surface area contributed by atoms with E-state index in [1.807, 2.05) is 0 Å². The first-order valence-electron chi connectivity index (χ1n) is 2.56. The molecule has 0 atom stereocenters. The van der Waals surface area contributed by atoms with Crippen LogP contribution in [-0.4, -0.2) is 5.11 Å². The lowest BCUT2D eigenvalue weighted by Gasteiger charge is -1.99. The van der Waals surface area contributed by atoms with Gasteiger partial charge in [0.2, 0.25) is 5.82 Å². The number of aromatic hydroxyl groups is 1. The molecule has 60 valence electrons. The average Bonchev–Trinajstić information content (AvgIpc) is 1.97. The molecule has 1 nitrogen and oxygen atoms in total. The van der Waals surface area contributed by atoms with Gasteiger partial charge in [0.05, 0.1) is 4.47 Å². The number of hydrogen-bond donors (Lipinski definition) is 1. The topological polar surface area (TPSA) is 20.2 Å². The third kappa shape index (κ3) is 1.33. The molecule has 0 aliphatic rings. The highest BCUT2D eigenvalue weighted by Crippen LogP contribution is 2.27. The van der Waals surface area contributed by atoms with Gasteiger partial charge in [-0.25, -0.2) is 8.78 Å². The normalized spacial score (nSPS) is 10.2. The Labute approximate surface area is 68.6 Å². The molecule has 1 aromatic carbocycles. The number of phenolic OH excluding ortho intramolecular Hbond substituents is 1. The SMILES string of the molecule is Oc1cc(F)c(Br)c(F)c1F. The van der Waals surface area contributed by atoms with Crippen LogP contribution in [0.15, 0.2) is 10.5 Å². The molecule has 0 fully saturated rings. The molecule has 11 heavy (non-hydrogen) atoms. The van der Waals surface area contributed by atoms with Gasteiger partial charge in [-0.1, -0.05) is 0 Å². The van der Waals surface area contributed by atoms with Crippen molar-refractivity contribution in [3.05, 3.63) is 28.0 Å².